The molecule has 8 heteroatoms. The predicted octanol–water partition coefficient (Wildman–Crippen LogP) is 3.17. The van der Waals surface area contributed by atoms with Crippen LogP contribution in [0.2, 0.25) is 10.0 Å². The number of imide groups is 1. The van der Waals surface area contributed by atoms with Crippen molar-refractivity contribution < 1.29 is 14.4 Å². The second-order valence-corrected chi connectivity index (χ2v) is 6.32. The Kier molecular flexibility index (Phi) is 5.50. The molecule has 3 amide bonds. The van der Waals surface area contributed by atoms with Gasteiger partial charge in [-0.2, -0.15) is 0 Å². The zero-order valence-electron chi connectivity index (χ0n) is 11.6. The maximum absolute atomic E-state index is 12.2. The highest BCUT2D eigenvalue weighted by Gasteiger charge is 2.34. The second kappa shape index (κ2) is 7.17. The monoisotopic (exact) mass is 358 g/mol. The maximum atomic E-state index is 12.2. The van der Waals surface area contributed by atoms with E-state index in [4.69, 9.17) is 23.2 Å². The van der Waals surface area contributed by atoms with E-state index in [0.717, 1.165) is 16.7 Å². The maximum Gasteiger partial charge on any atom is 0.293 e. The lowest BCUT2D eigenvalue weighted by molar-refractivity contribution is -0.123. The summed E-state index contributed by atoms with van der Waals surface area (Å²) < 4.78 is 0. The largest absolute Gasteiger partial charge is 0.355 e. The van der Waals surface area contributed by atoms with E-state index >= 15 is 0 Å². The lowest BCUT2D eigenvalue weighted by atomic mass is 10.2. The molecule has 1 aliphatic rings. The van der Waals surface area contributed by atoms with Crippen molar-refractivity contribution in [2.24, 2.45) is 0 Å². The summed E-state index contributed by atoms with van der Waals surface area (Å²) in [5.74, 6) is -0.609. The molecule has 1 fully saturated rings. The molecule has 1 heterocycles. The number of halogens is 2. The highest BCUT2D eigenvalue weighted by atomic mass is 35.5. The Morgan fingerprint density at radius 3 is 2.73 bits per heavy atom. The smallest absolute Gasteiger partial charge is 0.293 e. The number of carbonyl (C=O) groups excluding carboxylic acids is 3. The van der Waals surface area contributed by atoms with Gasteiger partial charge >= 0.3 is 0 Å². The van der Waals surface area contributed by atoms with Crippen LogP contribution in [0.25, 0.3) is 6.08 Å². The second-order valence-electron chi connectivity index (χ2n) is 4.48. The molecule has 1 N–H and O–H groups in total. The van der Waals surface area contributed by atoms with E-state index in [2.05, 4.69) is 5.32 Å². The van der Waals surface area contributed by atoms with Crippen LogP contribution in [0.5, 0.6) is 0 Å². The molecule has 0 spiro atoms. The topological polar surface area (TPSA) is 66.5 Å². The molecule has 0 saturated carbocycles. The van der Waals surface area contributed by atoms with Gasteiger partial charge in [-0.1, -0.05) is 29.3 Å². The predicted molar refractivity (Wildman–Crippen MR) is 87.8 cm³/mol. The van der Waals surface area contributed by atoms with Crippen LogP contribution in [0.3, 0.4) is 0 Å². The minimum atomic E-state index is -0.397. The van der Waals surface area contributed by atoms with Crippen molar-refractivity contribution in [3.8, 4) is 0 Å². The van der Waals surface area contributed by atoms with Gasteiger partial charge in [-0.15, -0.1) is 0 Å². The number of nitrogens with zero attached hydrogens (tertiary/aromatic N) is 1. The van der Waals surface area contributed by atoms with E-state index in [1.54, 1.807) is 24.3 Å². The number of hydrogen-bond donors (Lipinski definition) is 1. The fourth-order valence-electron chi connectivity index (χ4n) is 1.80. The minimum Gasteiger partial charge on any atom is -0.355 e. The van der Waals surface area contributed by atoms with Crippen molar-refractivity contribution in [2.45, 2.75) is 6.92 Å². The first-order valence-electron chi connectivity index (χ1n) is 6.33. The molecule has 0 atom stereocenters. The quantitative estimate of drug-likeness (QED) is 0.839. The number of amides is 3. The van der Waals surface area contributed by atoms with E-state index < -0.39 is 5.91 Å². The first kappa shape index (κ1) is 16.9. The number of thioether (sulfide) groups is 1. The lowest BCUT2D eigenvalue weighted by Crippen LogP contribution is -2.36. The van der Waals surface area contributed by atoms with Crippen LogP contribution in [0.15, 0.2) is 23.1 Å². The molecular weight excluding hydrogens is 347 g/mol. The summed E-state index contributed by atoms with van der Waals surface area (Å²) in [4.78, 5) is 36.3. The molecule has 2 rings (SSSR count). The van der Waals surface area contributed by atoms with Crippen molar-refractivity contribution in [1.82, 2.24) is 10.2 Å². The van der Waals surface area contributed by atoms with Crippen molar-refractivity contribution >= 4 is 58.1 Å². The lowest BCUT2D eigenvalue weighted by Gasteiger charge is -2.12. The van der Waals surface area contributed by atoms with Crippen LogP contribution in [-0.4, -0.2) is 35.0 Å². The van der Waals surface area contributed by atoms with E-state index in [-0.39, 0.29) is 29.1 Å². The molecule has 116 valence electrons. The van der Waals surface area contributed by atoms with Gasteiger partial charge < -0.3 is 5.32 Å². The van der Waals surface area contributed by atoms with Gasteiger partial charge in [-0.05, 0) is 35.5 Å². The molecule has 1 aliphatic heterocycles. The van der Waals surface area contributed by atoms with Crippen molar-refractivity contribution in [1.29, 1.82) is 0 Å². The van der Waals surface area contributed by atoms with Crippen LogP contribution >= 0.6 is 35.0 Å². The molecule has 22 heavy (non-hydrogen) atoms. The molecule has 0 unspecified atom stereocenters. The third kappa shape index (κ3) is 4.03. The number of benzene rings is 1. The van der Waals surface area contributed by atoms with Gasteiger partial charge in [-0.25, -0.2) is 0 Å². The Balaban J connectivity index is 2.13. The Hall–Kier alpha value is -1.50. The third-order valence-corrected chi connectivity index (χ3v) is 4.30. The summed E-state index contributed by atoms with van der Waals surface area (Å²) in [6.45, 7) is 1.73. The van der Waals surface area contributed by atoms with Gasteiger partial charge in [0.05, 0.1) is 4.91 Å². The third-order valence-electron chi connectivity index (χ3n) is 2.83. The molecule has 0 bridgehead atoms. The van der Waals surface area contributed by atoms with E-state index in [9.17, 15) is 14.4 Å². The zero-order chi connectivity index (χ0) is 16.3. The Morgan fingerprint density at radius 1 is 1.36 bits per heavy atom. The van der Waals surface area contributed by atoms with E-state index in [1.807, 2.05) is 0 Å². The fourth-order valence-corrected chi connectivity index (χ4v) is 3.12. The van der Waals surface area contributed by atoms with Crippen LogP contribution in [0, 0.1) is 0 Å². The number of nitrogens with one attached hydrogen (secondary N) is 1. The van der Waals surface area contributed by atoms with Crippen molar-refractivity contribution in [3.05, 3.63) is 38.7 Å². The average Bonchev–Trinajstić information content (AvgIpc) is 2.69. The Labute approximate surface area is 141 Å². The Morgan fingerprint density at radius 2 is 2.09 bits per heavy atom. The summed E-state index contributed by atoms with van der Waals surface area (Å²) in [7, 11) is 0. The summed E-state index contributed by atoms with van der Waals surface area (Å²) in [6.07, 6.45) is 1.56. The normalized spacial score (nSPS) is 16.5. The fraction of sp³-hybridized carbons (Fsp3) is 0.214. The van der Waals surface area contributed by atoms with Gasteiger partial charge in [0, 0.05) is 30.1 Å². The van der Waals surface area contributed by atoms with E-state index in [0.29, 0.717) is 15.6 Å². The number of rotatable bonds is 4. The van der Waals surface area contributed by atoms with Crippen molar-refractivity contribution in [2.75, 3.05) is 13.1 Å². The zero-order valence-corrected chi connectivity index (χ0v) is 13.9. The number of hydrogen-bond acceptors (Lipinski definition) is 4. The summed E-state index contributed by atoms with van der Waals surface area (Å²) in [5, 5.41) is 3.07. The summed E-state index contributed by atoms with van der Waals surface area (Å²) in [5.41, 5.74) is 0.610. The summed E-state index contributed by atoms with van der Waals surface area (Å²) >= 11 is 12.7. The van der Waals surface area contributed by atoms with Gasteiger partial charge in [0.25, 0.3) is 11.1 Å². The van der Waals surface area contributed by atoms with Crippen LogP contribution in [-0.2, 0) is 9.59 Å². The van der Waals surface area contributed by atoms with Crippen LogP contribution in [0.1, 0.15) is 12.5 Å². The highest BCUT2D eigenvalue weighted by molar-refractivity contribution is 8.18. The molecular formula is C14H12Cl2N2O3S. The van der Waals surface area contributed by atoms with Crippen LogP contribution < -0.4 is 5.32 Å². The molecule has 0 radical (unpaired) electrons. The van der Waals surface area contributed by atoms with Gasteiger partial charge in [0.15, 0.2) is 0 Å². The molecule has 1 aromatic rings. The minimum absolute atomic E-state index is 0.135. The molecule has 1 aromatic carbocycles. The molecule has 1 saturated heterocycles. The highest BCUT2D eigenvalue weighted by Crippen LogP contribution is 2.33. The van der Waals surface area contributed by atoms with Crippen LogP contribution in [0.4, 0.5) is 4.79 Å². The van der Waals surface area contributed by atoms with Gasteiger partial charge in [0.2, 0.25) is 5.91 Å². The van der Waals surface area contributed by atoms with Gasteiger partial charge in [0.1, 0.15) is 0 Å². The first-order chi connectivity index (χ1) is 10.4. The van der Waals surface area contributed by atoms with Gasteiger partial charge in [-0.3, -0.25) is 19.3 Å². The number of carbonyl (C=O) groups is 3. The molecule has 0 aromatic heterocycles. The molecule has 5 nitrogen and oxygen atoms in total. The Bertz CT molecular complexity index is 676. The SMILES string of the molecule is CC(=O)NCCN1C(=O)S/C(=C\c2ccc(Cl)cc2Cl)C1=O. The summed E-state index contributed by atoms with van der Waals surface area (Å²) in [6, 6.07) is 4.90. The average molecular weight is 359 g/mol. The van der Waals surface area contributed by atoms with E-state index in [1.165, 1.54) is 6.92 Å². The molecule has 0 aliphatic carbocycles. The standard InChI is InChI=1S/C14H12Cl2N2O3S/c1-8(19)17-4-5-18-13(20)12(22-14(18)21)6-9-2-3-10(15)7-11(9)16/h2-3,6-7H,4-5H2,1H3,(H,17,19)/b12-6-. The first-order valence-corrected chi connectivity index (χ1v) is 7.90. The van der Waals surface area contributed by atoms with Crippen molar-refractivity contribution in [3.63, 3.8) is 0 Å².